The molecule has 2 heterocycles. The molecule has 1 aromatic carbocycles. The van der Waals surface area contributed by atoms with Gasteiger partial charge in [-0.05, 0) is 12.1 Å². The smallest absolute Gasteiger partial charge is 0.334 e. The van der Waals surface area contributed by atoms with E-state index in [-0.39, 0.29) is 0 Å². The topological polar surface area (TPSA) is 12.5 Å². The average molecular weight is 279 g/mol. The number of hydrogen-bond donors (Lipinski definition) is 0. The molecular formula is C10H8F3NOS2. The predicted octanol–water partition coefficient (Wildman–Crippen LogP) is 3.52. The maximum absolute atomic E-state index is 12.3. The van der Waals surface area contributed by atoms with E-state index in [0.29, 0.717) is 6.54 Å². The maximum atomic E-state index is 12.3. The monoisotopic (exact) mass is 279 g/mol. The predicted molar refractivity (Wildman–Crippen MR) is 61.3 cm³/mol. The van der Waals surface area contributed by atoms with E-state index < -0.39 is 11.9 Å². The SMILES string of the molecule is FC(F)(F)OC1Sc2cccc3c2N1CCS3. The van der Waals surface area contributed by atoms with Crippen LogP contribution in [0.3, 0.4) is 0 Å². The lowest BCUT2D eigenvalue weighted by Crippen LogP contribution is -2.38. The Morgan fingerprint density at radius 1 is 1.29 bits per heavy atom. The molecule has 92 valence electrons. The van der Waals surface area contributed by atoms with Crippen LogP contribution in [-0.2, 0) is 4.74 Å². The van der Waals surface area contributed by atoms with Gasteiger partial charge in [-0.1, -0.05) is 17.8 Å². The number of alkyl halides is 3. The largest absolute Gasteiger partial charge is 0.525 e. The number of para-hydroxylation sites is 1. The average Bonchev–Trinajstić information content (AvgIpc) is 2.58. The Hall–Kier alpha value is -0.530. The molecule has 0 bridgehead atoms. The van der Waals surface area contributed by atoms with Gasteiger partial charge in [0.1, 0.15) is 0 Å². The van der Waals surface area contributed by atoms with E-state index in [1.54, 1.807) is 16.7 Å². The summed E-state index contributed by atoms with van der Waals surface area (Å²) in [7, 11) is 0. The van der Waals surface area contributed by atoms with Crippen molar-refractivity contribution in [3.63, 3.8) is 0 Å². The molecule has 2 aliphatic rings. The van der Waals surface area contributed by atoms with Crippen LogP contribution in [0.4, 0.5) is 18.9 Å². The second kappa shape index (κ2) is 4.00. The maximum Gasteiger partial charge on any atom is 0.525 e. The highest BCUT2D eigenvalue weighted by Crippen LogP contribution is 2.51. The summed E-state index contributed by atoms with van der Waals surface area (Å²) in [5, 5.41) is 0. The second-order valence-corrected chi connectivity index (χ2v) is 5.85. The molecule has 7 heteroatoms. The Morgan fingerprint density at radius 2 is 2.06 bits per heavy atom. The van der Waals surface area contributed by atoms with E-state index in [1.165, 1.54) is 0 Å². The lowest BCUT2D eigenvalue weighted by molar-refractivity contribution is -0.329. The summed E-state index contributed by atoms with van der Waals surface area (Å²) in [6.45, 7) is 0.586. The van der Waals surface area contributed by atoms with E-state index >= 15 is 0 Å². The fraction of sp³-hybridized carbons (Fsp3) is 0.400. The van der Waals surface area contributed by atoms with Crippen LogP contribution in [0.5, 0.6) is 0 Å². The Kier molecular flexibility index (Phi) is 2.72. The highest BCUT2D eigenvalue weighted by Gasteiger charge is 2.42. The number of hydrogen-bond acceptors (Lipinski definition) is 4. The number of halogens is 3. The van der Waals surface area contributed by atoms with Crippen LogP contribution in [0.15, 0.2) is 28.0 Å². The van der Waals surface area contributed by atoms with Gasteiger partial charge in [-0.25, -0.2) is 0 Å². The number of anilines is 1. The van der Waals surface area contributed by atoms with Crippen molar-refractivity contribution in [2.45, 2.75) is 21.7 Å². The summed E-state index contributed by atoms with van der Waals surface area (Å²) in [5.41, 5.74) is -0.0879. The summed E-state index contributed by atoms with van der Waals surface area (Å²) in [4.78, 5) is 3.60. The van der Waals surface area contributed by atoms with E-state index in [1.807, 2.05) is 18.2 Å². The first kappa shape index (κ1) is 11.6. The molecule has 1 aromatic rings. The fourth-order valence-corrected chi connectivity index (χ4v) is 4.27. The minimum Gasteiger partial charge on any atom is -0.334 e. The van der Waals surface area contributed by atoms with Crippen molar-refractivity contribution in [3.05, 3.63) is 18.2 Å². The zero-order valence-electron chi connectivity index (χ0n) is 8.53. The molecule has 2 aliphatic heterocycles. The first-order valence-corrected chi connectivity index (χ1v) is 6.85. The number of nitrogens with zero attached hydrogens (tertiary/aromatic N) is 1. The van der Waals surface area contributed by atoms with Crippen molar-refractivity contribution in [2.24, 2.45) is 0 Å². The van der Waals surface area contributed by atoms with Gasteiger partial charge in [0.05, 0.1) is 5.69 Å². The van der Waals surface area contributed by atoms with Crippen LogP contribution in [0.25, 0.3) is 0 Å². The quantitative estimate of drug-likeness (QED) is 0.779. The summed E-state index contributed by atoms with van der Waals surface area (Å²) in [5.74, 6) is 0.786. The first-order valence-electron chi connectivity index (χ1n) is 4.98. The Morgan fingerprint density at radius 3 is 2.82 bits per heavy atom. The van der Waals surface area contributed by atoms with Crippen molar-refractivity contribution in [1.82, 2.24) is 0 Å². The van der Waals surface area contributed by atoms with Crippen LogP contribution < -0.4 is 4.90 Å². The van der Waals surface area contributed by atoms with Crippen LogP contribution in [0, 0.1) is 0 Å². The van der Waals surface area contributed by atoms with E-state index in [9.17, 15) is 13.2 Å². The highest BCUT2D eigenvalue weighted by atomic mass is 32.2. The Bertz CT molecular complexity index is 452. The lowest BCUT2D eigenvalue weighted by atomic mass is 10.3. The van der Waals surface area contributed by atoms with Gasteiger partial charge >= 0.3 is 6.36 Å². The molecule has 0 spiro atoms. The molecule has 0 aromatic heterocycles. The van der Waals surface area contributed by atoms with Gasteiger partial charge in [-0.2, -0.15) is 0 Å². The van der Waals surface area contributed by atoms with Crippen LogP contribution >= 0.6 is 23.5 Å². The van der Waals surface area contributed by atoms with Crippen molar-refractivity contribution in [2.75, 3.05) is 17.2 Å². The van der Waals surface area contributed by atoms with E-state index in [0.717, 1.165) is 33.0 Å². The van der Waals surface area contributed by atoms with Crippen LogP contribution in [0.1, 0.15) is 0 Å². The number of thioether (sulfide) groups is 2. The molecule has 0 radical (unpaired) electrons. The Balaban J connectivity index is 1.93. The summed E-state index contributed by atoms with van der Waals surface area (Å²) >= 11 is 2.80. The molecule has 0 aliphatic carbocycles. The molecule has 0 amide bonds. The molecule has 0 saturated heterocycles. The normalized spacial score (nSPS) is 22.8. The number of rotatable bonds is 1. The van der Waals surface area contributed by atoms with Gasteiger partial charge in [0, 0.05) is 22.1 Å². The summed E-state index contributed by atoms with van der Waals surface area (Å²) < 4.78 is 41.0. The summed E-state index contributed by atoms with van der Waals surface area (Å²) in [6, 6.07) is 5.64. The number of benzene rings is 1. The van der Waals surface area contributed by atoms with Crippen molar-refractivity contribution in [3.8, 4) is 0 Å². The van der Waals surface area contributed by atoms with Gasteiger partial charge in [0.25, 0.3) is 0 Å². The minimum absolute atomic E-state index is 0.586. The minimum atomic E-state index is -4.59. The first-order chi connectivity index (χ1) is 8.04. The number of ether oxygens (including phenoxy) is 1. The zero-order valence-corrected chi connectivity index (χ0v) is 10.2. The van der Waals surface area contributed by atoms with Crippen LogP contribution in [-0.4, -0.2) is 24.2 Å². The molecule has 0 N–H and O–H groups in total. The zero-order chi connectivity index (χ0) is 12.0. The molecule has 2 nitrogen and oxygen atoms in total. The Labute approximate surface area is 104 Å². The molecule has 0 saturated carbocycles. The van der Waals surface area contributed by atoms with E-state index in [4.69, 9.17) is 0 Å². The molecule has 1 atom stereocenters. The van der Waals surface area contributed by atoms with Crippen LogP contribution in [0.2, 0.25) is 0 Å². The van der Waals surface area contributed by atoms with Crippen molar-refractivity contribution >= 4 is 29.2 Å². The van der Waals surface area contributed by atoms with Gasteiger partial charge in [-0.3, -0.25) is 4.74 Å². The highest BCUT2D eigenvalue weighted by molar-refractivity contribution is 8.01. The molecule has 0 fully saturated rings. The third kappa shape index (κ3) is 2.11. The lowest BCUT2D eigenvalue weighted by Gasteiger charge is -2.30. The van der Waals surface area contributed by atoms with Crippen molar-refractivity contribution < 1.29 is 17.9 Å². The molecule has 17 heavy (non-hydrogen) atoms. The van der Waals surface area contributed by atoms with Gasteiger partial charge in [0.2, 0.25) is 0 Å². The van der Waals surface area contributed by atoms with Gasteiger partial charge in [-0.15, -0.1) is 24.9 Å². The van der Waals surface area contributed by atoms with Gasteiger partial charge < -0.3 is 4.90 Å². The second-order valence-electron chi connectivity index (χ2n) is 3.63. The molecule has 1 unspecified atom stereocenters. The van der Waals surface area contributed by atoms with E-state index in [2.05, 4.69) is 4.74 Å². The fourth-order valence-electron chi connectivity index (χ4n) is 1.95. The third-order valence-corrected chi connectivity index (χ3v) is 4.72. The summed E-state index contributed by atoms with van der Waals surface area (Å²) in [6.07, 6.45) is -4.59. The molecular weight excluding hydrogens is 271 g/mol. The third-order valence-electron chi connectivity index (χ3n) is 2.56. The van der Waals surface area contributed by atoms with Gasteiger partial charge in [0.15, 0.2) is 5.56 Å². The standard InChI is InChI=1S/C10H8F3NOS2/c11-10(12,13)15-9-14-4-5-16-6-2-1-3-7(17-9)8(6)14/h1-3,9H,4-5H2. The van der Waals surface area contributed by atoms with Crippen molar-refractivity contribution in [1.29, 1.82) is 0 Å². The molecule has 3 rings (SSSR count).